The number of hydrogen-bond acceptors (Lipinski definition) is 9. The molecule has 12 heteroatoms. The monoisotopic (exact) mass is 565 g/mol. The van der Waals surface area contributed by atoms with E-state index in [-0.39, 0.29) is 35.7 Å². The van der Waals surface area contributed by atoms with E-state index in [9.17, 15) is 9.59 Å². The predicted molar refractivity (Wildman–Crippen MR) is 157 cm³/mol. The fourth-order valence-corrected chi connectivity index (χ4v) is 6.84. The Morgan fingerprint density at radius 3 is 2.44 bits per heavy atom. The Balaban J connectivity index is 1.47. The maximum Gasteiger partial charge on any atom is 0.439 e. The fraction of sp³-hybridized carbons (Fsp3) is 0.724. The number of hydrogen-bond donors (Lipinski definition) is 2. The number of rotatable bonds is 7. The van der Waals surface area contributed by atoms with Gasteiger partial charge in [-0.05, 0) is 64.2 Å². The number of nitrogens with one attached hydrogen (secondary N) is 2. The van der Waals surface area contributed by atoms with Gasteiger partial charge in [0.2, 0.25) is 23.5 Å². The van der Waals surface area contributed by atoms with Gasteiger partial charge in [0.1, 0.15) is 5.52 Å². The molecule has 4 heterocycles. The Bertz CT molecular complexity index is 1450. The van der Waals surface area contributed by atoms with Gasteiger partial charge in [0.25, 0.3) is 0 Å². The number of aromatic nitrogens is 6. The average molecular weight is 566 g/mol. The van der Waals surface area contributed by atoms with Crippen molar-refractivity contribution < 1.29 is 9.32 Å². The van der Waals surface area contributed by atoms with Crippen LogP contribution in [-0.2, 0) is 11.3 Å². The fourth-order valence-electron chi connectivity index (χ4n) is 6.84. The van der Waals surface area contributed by atoms with E-state index in [2.05, 4.69) is 52.6 Å². The third-order valence-electron chi connectivity index (χ3n) is 9.68. The standard InChI is InChI=1S/C29H43N9O3/c1-16-9-11-21(12-10-16)15-38-23-24(30-19(4)22-7-6-8-22)31-26(27-34-29(40)41-35-27)32-25(23)33-28(38)37-14-17(2)36(20(5)39)13-18(37)3/h16-19,21-22H,6-15H2,1-5H3,(H,30,31,32)(H,34,35,40)/t16?,17-,18+,19+,21?/m0/s1. The van der Waals surface area contributed by atoms with Gasteiger partial charge in [-0.2, -0.15) is 4.98 Å². The van der Waals surface area contributed by atoms with Crippen LogP contribution in [0.3, 0.4) is 0 Å². The summed E-state index contributed by atoms with van der Waals surface area (Å²) in [6.45, 7) is 12.6. The number of amides is 1. The molecule has 12 nitrogen and oxygen atoms in total. The highest BCUT2D eigenvalue weighted by Crippen LogP contribution is 2.37. The van der Waals surface area contributed by atoms with Crippen LogP contribution in [0.15, 0.2) is 9.32 Å². The van der Waals surface area contributed by atoms with Crippen molar-refractivity contribution in [1.82, 2.24) is 34.6 Å². The molecule has 2 saturated carbocycles. The van der Waals surface area contributed by atoms with Crippen LogP contribution in [0.1, 0.15) is 79.6 Å². The number of imidazole rings is 1. The van der Waals surface area contributed by atoms with Crippen molar-refractivity contribution in [2.75, 3.05) is 23.3 Å². The van der Waals surface area contributed by atoms with Gasteiger partial charge in [-0.15, -0.1) is 0 Å². The lowest BCUT2D eigenvalue weighted by Crippen LogP contribution is -2.58. The topological polar surface area (TPSA) is 138 Å². The SMILES string of the molecule is CC(=O)N1C[C@@H](C)N(c2nc3nc(-c4noc(=O)[nH]4)nc(N[C@H](C)C4CCC4)c3n2CC2CCC(C)CC2)C[C@@H]1C. The highest BCUT2D eigenvalue weighted by atomic mass is 16.5. The molecule has 1 amide bonds. The molecule has 0 bridgehead atoms. The summed E-state index contributed by atoms with van der Waals surface area (Å²) in [4.78, 5) is 45.8. The molecule has 2 aliphatic carbocycles. The van der Waals surface area contributed by atoms with Gasteiger partial charge in [0.15, 0.2) is 11.5 Å². The first-order chi connectivity index (χ1) is 19.7. The summed E-state index contributed by atoms with van der Waals surface area (Å²) in [6, 6.07) is 0.374. The van der Waals surface area contributed by atoms with E-state index in [1.807, 2.05) is 4.90 Å². The van der Waals surface area contributed by atoms with Crippen molar-refractivity contribution in [2.24, 2.45) is 17.8 Å². The zero-order chi connectivity index (χ0) is 28.8. The molecule has 3 fully saturated rings. The molecule has 41 heavy (non-hydrogen) atoms. The molecular weight excluding hydrogens is 522 g/mol. The minimum Gasteiger partial charge on any atom is -0.365 e. The molecule has 3 aromatic heterocycles. The van der Waals surface area contributed by atoms with Crippen LogP contribution in [-0.4, -0.2) is 71.7 Å². The Hall–Kier alpha value is -3.44. The highest BCUT2D eigenvalue weighted by Gasteiger charge is 2.35. The molecule has 3 aromatic rings. The molecule has 0 spiro atoms. The molecule has 2 N–H and O–H groups in total. The average Bonchev–Trinajstić information content (AvgIpc) is 3.49. The zero-order valence-electron chi connectivity index (χ0n) is 24.9. The summed E-state index contributed by atoms with van der Waals surface area (Å²) < 4.78 is 7.10. The second-order valence-corrected chi connectivity index (χ2v) is 12.8. The number of nitrogens with zero attached hydrogens (tertiary/aromatic N) is 7. The van der Waals surface area contributed by atoms with Crippen LogP contribution in [0.5, 0.6) is 0 Å². The van der Waals surface area contributed by atoms with E-state index in [4.69, 9.17) is 19.5 Å². The van der Waals surface area contributed by atoms with Crippen LogP contribution in [0.4, 0.5) is 11.8 Å². The van der Waals surface area contributed by atoms with E-state index in [1.165, 1.54) is 44.9 Å². The first-order valence-corrected chi connectivity index (χ1v) is 15.3. The van der Waals surface area contributed by atoms with Crippen molar-refractivity contribution in [3.63, 3.8) is 0 Å². The summed E-state index contributed by atoms with van der Waals surface area (Å²) in [5.74, 6) is 3.38. The molecule has 1 saturated heterocycles. The van der Waals surface area contributed by atoms with Crippen LogP contribution in [0.2, 0.25) is 0 Å². The quantitative estimate of drug-likeness (QED) is 0.435. The third kappa shape index (κ3) is 5.44. The summed E-state index contributed by atoms with van der Waals surface area (Å²) >= 11 is 0. The molecule has 0 unspecified atom stereocenters. The summed E-state index contributed by atoms with van der Waals surface area (Å²) in [5.41, 5.74) is 1.45. The van der Waals surface area contributed by atoms with Crippen molar-refractivity contribution in [1.29, 1.82) is 0 Å². The van der Waals surface area contributed by atoms with E-state index in [1.54, 1.807) is 6.92 Å². The van der Waals surface area contributed by atoms with E-state index >= 15 is 0 Å². The number of carbonyl (C=O) groups excluding carboxylic acids is 1. The highest BCUT2D eigenvalue weighted by molar-refractivity contribution is 5.87. The lowest BCUT2D eigenvalue weighted by Gasteiger charge is -2.44. The number of piperazine rings is 1. The van der Waals surface area contributed by atoms with Crippen LogP contribution in [0.25, 0.3) is 22.8 Å². The Labute approximate surface area is 240 Å². The largest absolute Gasteiger partial charge is 0.439 e. The Kier molecular flexibility index (Phi) is 7.50. The molecule has 0 aromatic carbocycles. The summed E-state index contributed by atoms with van der Waals surface area (Å²) in [7, 11) is 0. The minimum absolute atomic E-state index is 0.0607. The van der Waals surface area contributed by atoms with E-state index in [0.717, 1.165) is 23.9 Å². The predicted octanol–water partition coefficient (Wildman–Crippen LogP) is 4.04. The normalized spacial score (nSPS) is 26.3. The molecule has 0 radical (unpaired) electrons. The molecule has 3 atom stereocenters. The minimum atomic E-state index is -0.648. The second kappa shape index (κ2) is 11.1. The third-order valence-corrected chi connectivity index (χ3v) is 9.68. The molecule has 6 rings (SSSR count). The van der Waals surface area contributed by atoms with Gasteiger partial charge in [-0.3, -0.25) is 14.3 Å². The van der Waals surface area contributed by atoms with Gasteiger partial charge in [0.05, 0.1) is 0 Å². The van der Waals surface area contributed by atoms with Crippen molar-refractivity contribution in [3.05, 3.63) is 10.6 Å². The van der Waals surface area contributed by atoms with Gasteiger partial charge < -0.3 is 19.7 Å². The molecular formula is C29H43N9O3. The number of carbonyl (C=O) groups is 1. The lowest BCUT2D eigenvalue weighted by molar-refractivity contribution is -0.131. The molecule has 222 valence electrons. The van der Waals surface area contributed by atoms with Gasteiger partial charge in [-0.25, -0.2) is 14.8 Å². The zero-order valence-corrected chi connectivity index (χ0v) is 24.9. The van der Waals surface area contributed by atoms with Crippen molar-refractivity contribution >= 4 is 28.8 Å². The Morgan fingerprint density at radius 1 is 1.05 bits per heavy atom. The first kappa shape index (κ1) is 27.7. The number of aromatic amines is 1. The first-order valence-electron chi connectivity index (χ1n) is 15.3. The second-order valence-electron chi connectivity index (χ2n) is 12.8. The molecule has 3 aliphatic rings. The number of anilines is 2. The van der Waals surface area contributed by atoms with Crippen LogP contribution < -0.4 is 16.0 Å². The Morgan fingerprint density at radius 2 is 1.80 bits per heavy atom. The maximum atomic E-state index is 12.3. The van der Waals surface area contributed by atoms with Crippen molar-refractivity contribution in [2.45, 2.75) is 104 Å². The van der Waals surface area contributed by atoms with E-state index in [0.29, 0.717) is 36.4 Å². The lowest BCUT2D eigenvalue weighted by atomic mass is 9.80. The molecule has 1 aliphatic heterocycles. The van der Waals surface area contributed by atoms with E-state index < -0.39 is 5.76 Å². The van der Waals surface area contributed by atoms with Gasteiger partial charge in [0, 0.05) is 44.7 Å². The summed E-state index contributed by atoms with van der Waals surface area (Å²) in [6.07, 6.45) is 8.50. The van der Waals surface area contributed by atoms with Gasteiger partial charge >= 0.3 is 5.76 Å². The number of H-pyrrole nitrogens is 1. The summed E-state index contributed by atoms with van der Waals surface area (Å²) in [5, 5.41) is 7.58. The maximum absolute atomic E-state index is 12.3. The van der Waals surface area contributed by atoms with Crippen LogP contribution in [0, 0.1) is 17.8 Å². The van der Waals surface area contributed by atoms with Crippen LogP contribution >= 0.6 is 0 Å². The van der Waals surface area contributed by atoms with Gasteiger partial charge in [-0.1, -0.05) is 31.3 Å². The number of fused-ring (bicyclic) bond motifs is 1. The van der Waals surface area contributed by atoms with Crippen molar-refractivity contribution in [3.8, 4) is 11.6 Å². The smallest absolute Gasteiger partial charge is 0.365 e.